The molecule has 2 heterocycles. The third-order valence-corrected chi connectivity index (χ3v) is 5.54. The number of hydrogen-bond donors (Lipinski definition) is 2. The lowest BCUT2D eigenvalue weighted by Crippen LogP contribution is -2.13. The topological polar surface area (TPSA) is 83.8 Å². The summed E-state index contributed by atoms with van der Waals surface area (Å²) in [6.45, 7) is 3.83. The van der Waals surface area contributed by atoms with Gasteiger partial charge in [-0.25, -0.2) is 4.98 Å². The number of carbonyl (C=O) groups is 1. The molecule has 4 aromatic rings. The second-order valence-electron chi connectivity index (χ2n) is 7.27. The van der Waals surface area contributed by atoms with Gasteiger partial charge in [-0.15, -0.1) is 0 Å². The Hall–Kier alpha value is -3.09. The lowest BCUT2D eigenvalue weighted by Gasteiger charge is -2.03. The fourth-order valence-corrected chi connectivity index (χ4v) is 3.43. The average molecular weight is 455 g/mol. The number of rotatable bonds is 6. The van der Waals surface area contributed by atoms with Gasteiger partial charge >= 0.3 is 0 Å². The number of halogens is 2. The van der Waals surface area contributed by atoms with Crippen molar-refractivity contribution < 1.29 is 9.32 Å². The first kappa shape index (κ1) is 21.2. The summed E-state index contributed by atoms with van der Waals surface area (Å²) in [5, 5.41) is 7.77. The van der Waals surface area contributed by atoms with E-state index in [1.807, 2.05) is 37.3 Å². The molecule has 31 heavy (non-hydrogen) atoms. The van der Waals surface area contributed by atoms with Gasteiger partial charge in [0.1, 0.15) is 17.2 Å². The maximum absolute atomic E-state index is 12.5. The summed E-state index contributed by atoms with van der Waals surface area (Å²) in [5.41, 5.74) is 4.89. The smallest absolute Gasteiger partial charge is 0.224 e. The zero-order chi connectivity index (χ0) is 22.0. The highest BCUT2D eigenvalue weighted by atomic mass is 35.5. The van der Waals surface area contributed by atoms with Crippen LogP contribution in [-0.2, 0) is 11.2 Å². The maximum atomic E-state index is 12.5. The second-order valence-corrected chi connectivity index (χ2v) is 8.08. The Kier molecular flexibility index (Phi) is 6.11. The van der Waals surface area contributed by atoms with Crippen LogP contribution in [0.4, 0.5) is 5.69 Å². The van der Waals surface area contributed by atoms with Crippen LogP contribution in [0, 0.1) is 13.8 Å². The normalized spacial score (nSPS) is 11.5. The summed E-state index contributed by atoms with van der Waals surface area (Å²) in [5.74, 6) is 1.03. The minimum atomic E-state index is -0.159. The molecule has 0 aliphatic carbocycles. The van der Waals surface area contributed by atoms with Crippen LogP contribution in [0.15, 0.2) is 40.9 Å². The van der Waals surface area contributed by atoms with Crippen LogP contribution in [0.25, 0.3) is 23.2 Å². The van der Waals surface area contributed by atoms with E-state index in [9.17, 15) is 4.79 Å². The first-order valence-electron chi connectivity index (χ1n) is 9.73. The first-order chi connectivity index (χ1) is 14.9. The molecular weight excluding hydrogens is 435 g/mol. The van der Waals surface area contributed by atoms with Crippen molar-refractivity contribution >= 4 is 58.0 Å². The van der Waals surface area contributed by atoms with E-state index in [0.717, 1.165) is 11.1 Å². The van der Waals surface area contributed by atoms with E-state index in [0.29, 0.717) is 44.9 Å². The van der Waals surface area contributed by atoms with E-state index < -0.39 is 0 Å². The number of carbonyl (C=O) groups excluding carboxylic acids is 1. The highest BCUT2D eigenvalue weighted by Crippen LogP contribution is 2.27. The van der Waals surface area contributed by atoms with Gasteiger partial charge in [0.2, 0.25) is 5.91 Å². The van der Waals surface area contributed by atoms with Crippen LogP contribution in [0.3, 0.4) is 0 Å². The minimum absolute atomic E-state index is 0.159. The lowest BCUT2D eigenvalue weighted by molar-refractivity contribution is -0.116. The fourth-order valence-electron chi connectivity index (χ4n) is 3.11. The van der Waals surface area contributed by atoms with E-state index in [2.05, 4.69) is 20.4 Å². The summed E-state index contributed by atoms with van der Waals surface area (Å²) in [6, 6.07) is 11.5. The van der Waals surface area contributed by atoms with E-state index in [4.69, 9.17) is 27.7 Å². The number of anilines is 1. The average Bonchev–Trinajstić information content (AvgIpc) is 3.29. The van der Waals surface area contributed by atoms with Crippen molar-refractivity contribution in [1.82, 2.24) is 15.1 Å². The molecule has 2 aromatic carbocycles. The van der Waals surface area contributed by atoms with Gasteiger partial charge in [0.15, 0.2) is 5.76 Å². The van der Waals surface area contributed by atoms with Crippen molar-refractivity contribution in [3.63, 3.8) is 0 Å². The van der Waals surface area contributed by atoms with Crippen LogP contribution < -0.4 is 5.32 Å². The molecule has 0 atom stereocenters. The predicted molar refractivity (Wildman–Crippen MR) is 124 cm³/mol. The van der Waals surface area contributed by atoms with E-state index in [-0.39, 0.29) is 12.3 Å². The van der Waals surface area contributed by atoms with Gasteiger partial charge in [-0.3, -0.25) is 4.79 Å². The number of fused-ring (bicyclic) bond motifs is 1. The number of imidazole rings is 1. The number of amides is 1. The molecule has 0 spiro atoms. The van der Waals surface area contributed by atoms with Gasteiger partial charge in [-0.05, 0) is 37.6 Å². The molecule has 8 heteroatoms. The van der Waals surface area contributed by atoms with Crippen LogP contribution in [0.2, 0.25) is 10.0 Å². The molecule has 6 nitrogen and oxygen atoms in total. The van der Waals surface area contributed by atoms with Crippen molar-refractivity contribution in [2.75, 3.05) is 5.32 Å². The molecule has 0 aliphatic rings. The Labute approximate surface area is 189 Å². The zero-order valence-electron chi connectivity index (χ0n) is 17.0. The number of benzene rings is 2. The molecule has 4 rings (SSSR count). The van der Waals surface area contributed by atoms with Crippen LogP contribution in [0.5, 0.6) is 0 Å². The summed E-state index contributed by atoms with van der Waals surface area (Å²) >= 11 is 12.1. The number of aromatic nitrogens is 3. The Morgan fingerprint density at radius 1 is 1.13 bits per heavy atom. The van der Waals surface area contributed by atoms with Crippen LogP contribution in [0.1, 0.15) is 34.8 Å². The molecule has 0 saturated carbocycles. The molecular formula is C23H20Cl2N4O2. The van der Waals surface area contributed by atoms with Crippen LogP contribution in [-0.4, -0.2) is 21.0 Å². The van der Waals surface area contributed by atoms with Crippen LogP contribution >= 0.6 is 23.2 Å². The number of nitrogens with zero attached hydrogens (tertiary/aromatic N) is 2. The summed E-state index contributed by atoms with van der Waals surface area (Å²) in [7, 11) is 0. The molecule has 0 unspecified atom stereocenters. The number of aromatic amines is 1. The summed E-state index contributed by atoms with van der Waals surface area (Å²) in [6.07, 6.45) is 4.40. The molecule has 0 fully saturated rings. The largest absolute Gasteiger partial charge is 0.354 e. The quantitative estimate of drug-likeness (QED) is 0.362. The highest BCUT2D eigenvalue weighted by Gasteiger charge is 2.15. The highest BCUT2D eigenvalue weighted by molar-refractivity contribution is 6.42. The first-order valence-corrected chi connectivity index (χ1v) is 10.5. The minimum Gasteiger partial charge on any atom is -0.354 e. The molecule has 0 bridgehead atoms. The monoisotopic (exact) mass is 454 g/mol. The van der Waals surface area contributed by atoms with Crippen molar-refractivity contribution in [3.05, 3.63) is 74.8 Å². The SMILES string of the molecule is Cc1ccc(/C=C/c2onc(C)c2NC(=O)CCc2nc3cc(Cl)c(Cl)cc3[nH]2)cc1. The maximum Gasteiger partial charge on any atom is 0.224 e. The van der Waals surface area contributed by atoms with E-state index in [1.165, 1.54) is 5.56 Å². The van der Waals surface area contributed by atoms with Crippen molar-refractivity contribution in [2.45, 2.75) is 26.7 Å². The van der Waals surface area contributed by atoms with Gasteiger partial charge in [-0.2, -0.15) is 0 Å². The van der Waals surface area contributed by atoms with Crippen molar-refractivity contribution in [1.29, 1.82) is 0 Å². The van der Waals surface area contributed by atoms with Gasteiger partial charge in [0.25, 0.3) is 0 Å². The summed E-state index contributed by atoms with van der Waals surface area (Å²) in [4.78, 5) is 20.2. The Morgan fingerprint density at radius 2 is 1.87 bits per heavy atom. The molecule has 158 valence electrons. The predicted octanol–water partition coefficient (Wildman–Crippen LogP) is 6.22. The third kappa shape index (κ3) is 4.98. The van der Waals surface area contributed by atoms with Gasteiger partial charge in [0.05, 0.1) is 21.1 Å². The molecule has 0 saturated heterocycles. The molecule has 2 N–H and O–H groups in total. The summed E-state index contributed by atoms with van der Waals surface area (Å²) < 4.78 is 5.37. The van der Waals surface area contributed by atoms with Gasteiger partial charge < -0.3 is 14.8 Å². The zero-order valence-corrected chi connectivity index (χ0v) is 18.5. The number of hydrogen-bond acceptors (Lipinski definition) is 4. The van der Waals surface area contributed by atoms with Gasteiger partial charge in [-0.1, -0.05) is 64.3 Å². The van der Waals surface area contributed by atoms with Crippen molar-refractivity contribution in [3.8, 4) is 0 Å². The Bertz CT molecular complexity index is 1230. The number of H-pyrrole nitrogens is 1. The molecule has 2 aromatic heterocycles. The van der Waals surface area contributed by atoms with Crippen molar-refractivity contribution in [2.24, 2.45) is 0 Å². The lowest BCUT2D eigenvalue weighted by atomic mass is 10.1. The Balaban J connectivity index is 1.42. The fraction of sp³-hybridized carbons (Fsp3) is 0.174. The third-order valence-electron chi connectivity index (χ3n) is 4.82. The molecule has 0 radical (unpaired) electrons. The number of nitrogens with one attached hydrogen (secondary N) is 2. The molecule has 1 amide bonds. The van der Waals surface area contributed by atoms with E-state index in [1.54, 1.807) is 25.1 Å². The number of aryl methyl sites for hydroxylation is 3. The van der Waals surface area contributed by atoms with E-state index >= 15 is 0 Å². The van der Waals surface area contributed by atoms with Gasteiger partial charge in [0, 0.05) is 12.8 Å². The second kappa shape index (κ2) is 8.96. The standard InChI is InChI=1S/C23H20Cl2N4O2/c1-13-3-5-15(6-4-13)7-8-20-23(14(2)29-31-20)28-22(30)10-9-21-26-18-11-16(24)17(25)12-19(18)27-21/h3-8,11-12H,9-10H2,1-2H3,(H,26,27)(H,28,30)/b8-7+. The molecule has 0 aliphatic heterocycles. The Morgan fingerprint density at radius 3 is 2.65 bits per heavy atom.